The molecule has 3 rings (SSSR count). The number of fused-ring (bicyclic) bond motifs is 1. The summed E-state index contributed by atoms with van der Waals surface area (Å²) in [4.78, 5) is 26.4. The van der Waals surface area contributed by atoms with Crippen LogP contribution in [0.4, 0.5) is 14.5 Å². The smallest absolute Gasteiger partial charge is 0.311 e. The largest absolute Gasteiger partial charge is 0.329 e. The van der Waals surface area contributed by atoms with Gasteiger partial charge in [0.25, 0.3) is 0 Å². The molecule has 25 heavy (non-hydrogen) atoms. The van der Waals surface area contributed by atoms with Crippen molar-refractivity contribution in [1.29, 1.82) is 0 Å². The summed E-state index contributed by atoms with van der Waals surface area (Å²) in [7, 11) is 1.64. The van der Waals surface area contributed by atoms with Crippen molar-refractivity contribution in [2.45, 2.75) is 13.5 Å². The SMILES string of the molecule is CCN(C(=O)Cn1c(=O)n(C)c2ccccc21)c1ccc(F)c(F)c1. The van der Waals surface area contributed by atoms with Crippen LogP contribution in [-0.4, -0.2) is 21.6 Å². The summed E-state index contributed by atoms with van der Waals surface area (Å²) in [6.45, 7) is 1.81. The van der Waals surface area contributed by atoms with Crippen LogP contribution in [0.15, 0.2) is 47.3 Å². The number of aryl methyl sites for hydroxylation is 1. The van der Waals surface area contributed by atoms with Crippen LogP contribution in [0.25, 0.3) is 11.0 Å². The molecule has 0 aliphatic rings. The molecule has 0 N–H and O–H groups in total. The van der Waals surface area contributed by atoms with Crippen LogP contribution in [0.2, 0.25) is 0 Å². The minimum absolute atomic E-state index is 0.187. The van der Waals surface area contributed by atoms with Gasteiger partial charge in [-0.05, 0) is 31.2 Å². The zero-order valence-electron chi connectivity index (χ0n) is 13.9. The predicted octanol–water partition coefficient (Wildman–Crippen LogP) is 2.67. The number of hydrogen-bond donors (Lipinski definition) is 0. The molecular formula is C18H17F2N3O2. The monoisotopic (exact) mass is 345 g/mol. The third-order valence-corrected chi connectivity index (χ3v) is 4.18. The van der Waals surface area contributed by atoms with Crippen molar-refractivity contribution >= 4 is 22.6 Å². The van der Waals surface area contributed by atoms with Gasteiger partial charge in [0.1, 0.15) is 6.54 Å². The Balaban J connectivity index is 1.97. The Morgan fingerprint density at radius 2 is 1.76 bits per heavy atom. The van der Waals surface area contributed by atoms with Gasteiger partial charge >= 0.3 is 5.69 Å². The average molecular weight is 345 g/mol. The molecule has 0 saturated carbocycles. The number of carbonyl (C=O) groups is 1. The molecule has 0 unspecified atom stereocenters. The number of benzene rings is 2. The molecule has 0 radical (unpaired) electrons. The van der Waals surface area contributed by atoms with E-state index in [1.54, 1.807) is 32.2 Å². The highest BCUT2D eigenvalue weighted by atomic mass is 19.2. The molecule has 7 heteroatoms. The fourth-order valence-corrected chi connectivity index (χ4v) is 2.89. The predicted molar refractivity (Wildman–Crippen MR) is 91.6 cm³/mol. The van der Waals surface area contributed by atoms with Crippen molar-refractivity contribution in [2.24, 2.45) is 7.05 Å². The van der Waals surface area contributed by atoms with E-state index in [0.717, 1.165) is 17.6 Å². The van der Waals surface area contributed by atoms with Crippen LogP contribution < -0.4 is 10.6 Å². The first-order valence-electron chi connectivity index (χ1n) is 7.83. The van der Waals surface area contributed by atoms with Gasteiger partial charge in [-0.25, -0.2) is 13.6 Å². The Hall–Kier alpha value is -2.96. The van der Waals surface area contributed by atoms with Crippen LogP contribution in [0, 0.1) is 11.6 Å². The molecule has 3 aromatic rings. The van der Waals surface area contributed by atoms with E-state index in [1.807, 2.05) is 6.07 Å². The third-order valence-electron chi connectivity index (χ3n) is 4.18. The van der Waals surface area contributed by atoms with Crippen LogP contribution in [0.3, 0.4) is 0 Å². The topological polar surface area (TPSA) is 47.2 Å². The van der Waals surface area contributed by atoms with Crippen molar-refractivity contribution in [3.05, 3.63) is 64.6 Å². The standard InChI is InChI=1S/C18H17F2N3O2/c1-3-22(12-8-9-13(19)14(20)10-12)17(24)11-23-16-7-5-4-6-15(16)21(2)18(23)25/h4-10H,3,11H2,1-2H3. The Morgan fingerprint density at radius 1 is 1.08 bits per heavy atom. The third kappa shape index (κ3) is 2.93. The summed E-state index contributed by atoms with van der Waals surface area (Å²) >= 11 is 0. The quantitative estimate of drug-likeness (QED) is 0.730. The van der Waals surface area contributed by atoms with Crippen molar-refractivity contribution in [2.75, 3.05) is 11.4 Å². The summed E-state index contributed by atoms with van der Waals surface area (Å²) in [5.74, 6) is -2.38. The Kier molecular flexibility index (Phi) is 4.39. The maximum atomic E-state index is 13.5. The van der Waals surface area contributed by atoms with Gasteiger partial charge in [0, 0.05) is 25.3 Å². The van der Waals surface area contributed by atoms with Crippen LogP contribution in [0.1, 0.15) is 6.92 Å². The number of likely N-dealkylation sites (N-methyl/N-ethyl adjacent to an activating group) is 1. The molecule has 0 aliphatic heterocycles. The van der Waals surface area contributed by atoms with E-state index >= 15 is 0 Å². The van der Waals surface area contributed by atoms with Gasteiger partial charge in [0.15, 0.2) is 11.6 Å². The first-order chi connectivity index (χ1) is 11.9. The van der Waals surface area contributed by atoms with E-state index in [0.29, 0.717) is 5.52 Å². The number of carbonyl (C=O) groups excluding carboxylic acids is 1. The van der Waals surface area contributed by atoms with Gasteiger partial charge in [-0.2, -0.15) is 0 Å². The average Bonchev–Trinajstić information content (AvgIpc) is 2.84. The summed E-state index contributed by atoms with van der Waals surface area (Å²) < 4.78 is 29.4. The first kappa shape index (κ1) is 16.9. The zero-order valence-corrected chi connectivity index (χ0v) is 13.9. The molecule has 0 saturated heterocycles. The number of hydrogen-bond acceptors (Lipinski definition) is 2. The molecular weight excluding hydrogens is 328 g/mol. The Morgan fingerprint density at radius 3 is 2.40 bits per heavy atom. The molecule has 130 valence electrons. The van der Waals surface area contributed by atoms with Gasteiger partial charge in [0.2, 0.25) is 5.91 Å². The lowest BCUT2D eigenvalue weighted by Crippen LogP contribution is -2.36. The highest BCUT2D eigenvalue weighted by Gasteiger charge is 2.19. The highest BCUT2D eigenvalue weighted by Crippen LogP contribution is 2.19. The van der Waals surface area contributed by atoms with Gasteiger partial charge < -0.3 is 4.90 Å². The molecule has 1 amide bonds. The van der Waals surface area contributed by atoms with Gasteiger partial charge in [-0.1, -0.05) is 12.1 Å². The number of imidazole rings is 1. The first-order valence-corrected chi connectivity index (χ1v) is 7.83. The molecule has 5 nitrogen and oxygen atoms in total. The summed E-state index contributed by atoms with van der Waals surface area (Å²) in [5, 5.41) is 0. The second kappa shape index (κ2) is 6.51. The molecule has 1 aromatic heterocycles. The summed E-state index contributed by atoms with van der Waals surface area (Å²) in [5.41, 5.74) is 1.30. The number of nitrogens with zero attached hydrogens (tertiary/aromatic N) is 3. The molecule has 1 heterocycles. The Labute approximate surface area is 142 Å². The van der Waals surface area contributed by atoms with E-state index in [-0.39, 0.29) is 30.4 Å². The maximum absolute atomic E-state index is 13.5. The lowest BCUT2D eigenvalue weighted by Gasteiger charge is -2.21. The van der Waals surface area contributed by atoms with Gasteiger partial charge in [0.05, 0.1) is 11.0 Å². The number of aromatic nitrogens is 2. The normalized spacial score (nSPS) is 11.0. The summed E-state index contributed by atoms with van der Waals surface area (Å²) in [6.07, 6.45) is 0. The lowest BCUT2D eigenvalue weighted by atomic mass is 10.2. The van der Waals surface area contributed by atoms with E-state index in [2.05, 4.69) is 0 Å². The molecule has 0 aliphatic carbocycles. The molecule has 0 bridgehead atoms. The van der Waals surface area contributed by atoms with Crippen molar-refractivity contribution in [1.82, 2.24) is 9.13 Å². The van der Waals surface area contributed by atoms with Gasteiger partial charge in [-0.15, -0.1) is 0 Å². The second-order valence-electron chi connectivity index (χ2n) is 5.65. The van der Waals surface area contributed by atoms with Crippen LogP contribution >= 0.6 is 0 Å². The van der Waals surface area contributed by atoms with Crippen molar-refractivity contribution in [3.8, 4) is 0 Å². The molecule has 0 spiro atoms. The fourth-order valence-electron chi connectivity index (χ4n) is 2.89. The number of rotatable bonds is 4. The van der Waals surface area contributed by atoms with Crippen LogP contribution in [0.5, 0.6) is 0 Å². The van der Waals surface area contributed by atoms with E-state index in [4.69, 9.17) is 0 Å². The minimum atomic E-state index is -1.02. The van der Waals surface area contributed by atoms with E-state index < -0.39 is 11.6 Å². The molecule has 2 aromatic carbocycles. The number of para-hydroxylation sites is 2. The number of halogens is 2. The Bertz CT molecular complexity index is 1010. The number of amides is 1. The van der Waals surface area contributed by atoms with E-state index in [9.17, 15) is 18.4 Å². The fraction of sp³-hybridized carbons (Fsp3) is 0.222. The maximum Gasteiger partial charge on any atom is 0.329 e. The zero-order chi connectivity index (χ0) is 18.1. The minimum Gasteiger partial charge on any atom is -0.311 e. The second-order valence-corrected chi connectivity index (χ2v) is 5.65. The van der Waals surface area contributed by atoms with Crippen molar-refractivity contribution in [3.63, 3.8) is 0 Å². The van der Waals surface area contributed by atoms with E-state index in [1.165, 1.54) is 20.1 Å². The molecule has 0 atom stereocenters. The highest BCUT2D eigenvalue weighted by molar-refractivity contribution is 5.94. The molecule has 0 fully saturated rings. The van der Waals surface area contributed by atoms with Gasteiger partial charge in [-0.3, -0.25) is 13.9 Å². The number of anilines is 1. The van der Waals surface area contributed by atoms with Crippen LogP contribution in [-0.2, 0) is 18.4 Å². The van der Waals surface area contributed by atoms with Crippen molar-refractivity contribution < 1.29 is 13.6 Å². The lowest BCUT2D eigenvalue weighted by molar-refractivity contribution is -0.119. The summed E-state index contributed by atoms with van der Waals surface area (Å²) in [6, 6.07) is 10.4.